The van der Waals surface area contributed by atoms with Crippen LogP contribution in [0.5, 0.6) is 0 Å². The molecule has 1 unspecified atom stereocenters. The Hall–Kier alpha value is -1.84. The molecule has 3 aliphatic heterocycles. The first-order chi connectivity index (χ1) is 13.7. The van der Waals surface area contributed by atoms with Gasteiger partial charge in [0.25, 0.3) is 0 Å². The van der Waals surface area contributed by atoms with Crippen LogP contribution in [-0.2, 0) is 6.42 Å². The number of benzene rings is 2. The van der Waals surface area contributed by atoms with Crippen LogP contribution in [0.15, 0.2) is 42.5 Å². The molecule has 148 valence electrons. The number of nitrogens with zero attached hydrogens (tertiary/aromatic N) is 2. The third kappa shape index (κ3) is 3.25. The summed E-state index contributed by atoms with van der Waals surface area (Å²) in [7, 11) is 0. The Morgan fingerprint density at radius 3 is 2.82 bits per heavy atom. The number of hydrogen-bond donors (Lipinski definition) is 1. The third-order valence-corrected chi connectivity index (χ3v) is 7.16. The van der Waals surface area contributed by atoms with Gasteiger partial charge in [0.15, 0.2) is 0 Å². The van der Waals surface area contributed by atoms with Gasteiger partial charge in [-0.25, -0.2) is 0 Å². The fourth-order valence-electron chi connectivity index (χ4n) is 5.70. The maximum atomic E-state index is 10.5. The molecular formula is C25H32N2O. The number of anilines is 1. The highest BCUT2D eigenvalue weighted by molar-refractivity contribution is 5.68. The van der Waals surface area contributed by atoms with E-state index in [9.17, 15) is 5.11 Å². The minimum absolute atomic E-state index is 0.336. The first kappa shape index (κ1) is 18.2. The minimum atomic E-state index is -0.336. The Bertz CT molecular complexity index is 831. The number of rotatable bonds is 5. The SMILES string of the molecule is Cc1ccc(C(O)CCCN2CC[C@H]3[C@@H](C2)c2cccc4c2N3CCC4)cc1. The highest BCUT2D eigenvalue weighted by atomic mass is 16.3. The van der Waals surface area contributed by atoms with Gasteiger partial charge >= 0.3 is 0 Å². The van der Waals surface area contributed by atoms with Gasteiger partial charge in [0, 0.05) is 37.3 Å². The lowest BCUT2D eigenvalue weighted by atomic mass is 9.88. The van der Waals surface area contributed by atoms with Crippen molar-refractivity contribution in [3.63, 3.8) is 0 Å². The van der Waals surface area contributed by atoms with Crippen LogP contribution in [-0.4, -0.2) is 42.2 Å². The largest absolute Gasteiger partial charge is 0.388 e. The molecule has 2 aromatic carbocycles. The summed E-state index contributed by atoms with van der Waals surface area (Å²) in [6, 6.07) is 16.0. The summed E-state index contributed by atoms with van der Waals surface area (Å²) in [4.78, 5) is 5.37. The summed E-state index contributed by atoms with van der Waals surface area (Å²) < 4.78 is 0. The Labute approximate surface area is 169 Å². The summed E-state index contributed by atoms with van der Waals surface area (Å²) in [6.07, 6.45) is 5.40. The molecule has 0 aromatic heterocycles. The summed E-state index contributed by atoms with van der Waals surface area (Å²) in [6.45, 7) is 6.81. The van der Waals surface area contributed by atoms with Gasteiger partial charge in [0.05, 0.1) is 6.10 Å². The second kappa shape index (κ2) is 7.53. The van der Waals surface area contributed by atoms with Crippen molar-refractivity contribution in [3.05, 3.63) is 64.7 Å². The van der Waals surface area contributed by atoms with Gasteiger partial charge in [-0.1, -0.05) is 48.0 Å². The topological polar surface area (TPSA) is 26.7 Å². The predicted molar refractivity (Wildman–Crippen MR) is 115 cm³/mol. The van der Waals surface area contributed by atoms with Crippen molar-refractivity contribution in [3.8, 4) is 0 Å². The number of aliphatic hydroxyl groups is 1. The minimum Gasteiger partial charge on any atom is -0.388 e. The van der Waals surface area contributed by atoms with Crippen molar-refractivity contribution in [1.29, 1.82) is 0 Å². The highest BCUT2D eigenvalue weighted by Crippen LogP contribution is 2.48. The Balaban J connectivity index is 1.20. The molecule has 3 aliphatic rings. The van der Waals surface area contributed by atoms with Crippen molar-refractivity contribution in [2.24, 2.45) is 0 Å². The first-order valence-corrected chi connectivity index (χ1v) is 11.1. The molecule has 3 nitrogen and oxygen atoms in total. The van der Waals surface area contributed by atoms with E-state index in [-0.39, 0.29) is 6.10 Å². The van der Waals surface area contributed by atoms with E-state index in [1.807, 2.05) is 0 Å². The van der Waals surface area contributed by atoms with E-state index in [0.29, 0.717) is 12.0 Å². The van der Waals surface area contributed by atoms with E-state index in [1.54, 1.807) is 16.8 Å². The standard InChI is InChI=1S/C25H32N2O/c1-18-9-11-19(12-10-18)24(28)8-4-14-26-16-13-23-22(17-26)21-7-2-5-20-6-3-15-27(23)25(20)21/h2,5,7,9-12,22-24,28H,3-4,6,8,13-17H2,1H3/t22-,23-,24?/m0/s1. The van der Waals surface area contributed by atoms with E-state index >= 15 is 0 Å². The zero-order valence-corrected chi connectivity index (χ0v) is 17.0. The molecule has 1 fully saturated rings. The summed E-state index contributed by atoms with van der Waals surface area (Å²) in [5.41, 5.74) is 7.06. The molecule has 2 aromatic rings. The average Bonchev–Trinajstić information content (AvgIpc) is 3.04. The van der Waals surface area contributed by atoms with Gasteiger partial charge in [-0.2, -0.15) is 0 Å². The van der Waals surface area contributed by atoms with Crippen LogP contribution in [0.25, 0.3) is 0 Å². The third-order valence-electron chi connectivity index (χ3n) is 7.16. The lowest BCUT2D eigenvalue weighted by Gasteiger charge is -2.40. The van der Waals surface area contributed by atoms with Crippen molar-refractivity contribution in [2.45, 2.75) is 57.1 Å². The molecule has 3 heteroatoms. The number of aliphatic hydroxyl groups excluding tert-OH is 1. The van der Waals surface area contributed by atoms with Gasteiger partial charge in [-0.05, 0) is 62.3 Å². The number of aryl methyl sites for hydroxylation is 2. The number of fused-ring (bicyclic) bond motifs is 3. The molecule has 3 atom stereocenters. The maximum Gasteiger partial charge on any atom is 0.0790 e. The maximum absolute atomic E-state index is 10.5. The van der Waals surface area contributed by atoms with Crippen molar-refractivity contribution in [1.82, 2.24) is 4.90 Å². The predicted octanol–water partition coefficient (Wildman–Crippen LogP) is 4.43. The molecule has 0 bridgehead atoms. The number of hydrogen-bond acceptors (Lipinski definition) is 3. The molecule has 0 radical (unpaired) electrons. The van der Waals surface area contributed by atoms with Crippen molar-refractivity contribution >= 4 is 5.69 Å². The van der Waals surface area contributed by atoms with Crippen LogP contribution in [0.2, 0.25) is 0 Å². The van der Waals surface area contributed by atoms with Crippen molar-refractivity contribution < 1.29 is 5.11 Å². The molecule has 0 saturated carbocycles. The van der Waals surface area contributed by atoms with Crippen LogP contribution >= 0.6 is 0 Å². The molecular weight excluding hydrogens is 344 g/mol. The molecule has 0 amide bonds. The molecule has 0 aliphatic carbocycles. The van der Waals surface area contributed by atoms with E-state index in [2.05, 4.69) is 59.2 Å². The van der Waals surface area contributed by atoms with Crippen LogP contribution in [0, 0.1) is 6.92 Å². The van der Waals surface area contributed by atoms with Crippen LogP contribution in [0.1, 0.15) is 60.0 Å². The molecule has 1 N–H and O–H groups in total. The Kier molecular flexibility index (Phi) is 4.90. The smallest absolute Gasteiger partial charge is 0.0790 e. The van der Waals surface area contributed by atoms with E-state index in [1.165, 1.54) is 44.5 Å². The number of likely N-dealkylation sites (tertiary alicyclic amines) is 1. The fourth-order valence-corrected chi connectivity index (χ4v) is 5.70. The highest BCUT2D eigenvalue weighted by Gasteiger charge is 2.43. The van der Waals surface area contributed by atoms with Crippen molar-refractivity contribution in [2.75, 3.05) is 31.1 Å². The van der Waals surface area contributed by atoms with Gasteiger partial charge in [0.1, 0.15) is 0 Å². The van der Waals surface area contributed by atoms with Gasteiger partial charge in [-0.3, -0.25) is 0 Å². The summed E-state index contributed by atoms with van der Waals surface area (Å²) in [5.74, 6) is 0.670. The van der Waals surface area contributed by atoms with Crippen LogP contribution in [0.4, 0.5) is 5.69 Å². The second-order valence-electron chi connectivity index (χ2n) is 8.98. The van der Waals surface area contributed by atoms with E-state index < -0.39 is 0 Å². The van der Waals surface area contributed by atoms with Gasteiger partial charge in [0.2, 0.25) is 0 Å². The summed E-state index contributed by atoms with van der Waals surface area (Å²) >= 11 is 0. The van der Waals surface area contributed by atoms with E-state index in [0.717, 1.165) is 24.9 Å². The van der Waals surface area contributed by atoms with Crippen LogP contribution < -0.4 is 4.90 Å². The Morgan fingerprint density at radius 1 is 1.11 bits per heavy atom. The molecule has 3 heterocycles. The molecule has 5 rings (SSSR count). The molecule has 1 saturated heterocycles. The zero-order valence-electron chi connectivity index (χ0n) is 17.0. The number of piperidine rings is 1. The first-order valence-electron chi connectivity index (χ1n) is 11.1. The summed E-state index contributed by atoms with van der Waals surface area (Å²) in [5, 5.41) is 10.5. The number of para-hydroxylation sites is 1. The van der Waals surface area contributed by atoms with Gasteiger partial charge < -0.3 is 14.9 Å². The lowest BCUT2D eigenvalue weighted by molar-refractivity contribution is 0.144. The second-order valence-corrected chi connectivity index (χ2v) is 8.98. The lowest BCUT2D eigenvalue weighted by Crippen LogP contribution is -2.47. The fraction of sp³-hybridized carbons (Fsp3) is 0.520. The monoisotopic (exact) mass is 376 g/mol. The van der Waals surface area contributed by atoms with E-state index in [4.69, 9.17) is 0 Å². The van der Waals surface area contributed by atoms with Gasteiger partial charge in [-0.15, -0.1) is 0 Å². The molecule has 28 heavy (non-hydrogen) atoms. The quantitative estimate of drug-likeness (QED) is 0.836. The van der Waals surface area contributed by atoms with Crippen LogP contribution in [0.3, 0.4) is 0 Å². The normalized spacial score (nSPS) is 24.7. The average molecular weight is 377 g/mol. The Morgan fingerprint density at radius 2 is 1.96 bits per heavy atom. The zero-order chi connectivity index (χ0) is 19.1. The molecule has 0 spiro atoms.